The molecule has 0 unspecified atom stereocenters. The number of aliphatic imine (C=N–C) groups is 1. The number of nitrogens with zero attached hydrogens (tertiary/aromatic N) is 1. The largest absolute Gasteiger partial charge is 0.507 e. The Morgan fingerprint density at radius 1 is 0.892 bits per heavy atom. The maximum absolute atomic E-state index is 11.3. The molecule has 0 aromatic heterocycles. The normalized spacial score (nSPS) is 11.1. The predicted octanol–water partition coefficient (Wildman–Crippen LogP) is 8.49. The third-order valence-corrected chi connectivity index (χ3v) is 6.25. The van der Waals surface area contributed by atoms with Gasteiger partial charge in [0.05, 0.1) is 18.9 Å². The molecule has 0 saturated carbocycles. The molecule has 0 saturated heterocycles. The number of ether oxygens (including phenoxy) is 2. The van der Waals surface area contributed by atoms with E-state index in [1.165, 1.54) is 69.8 Å². The number of hydrogen-bond acceptors (Lipinski definition) is 5. The average molecular weight is 508 g/mol. The number of aromatic hydroxyl groups is 1. The molecule has 0 radical (unpaired) electrons. The zero-order valence-electron chi connectivity index (χ0n) is 22.8. The summed E-state index contributed by atoms with van der Waals surface area (Å²) in [7, 11) is 0. The highest BCUT2D eigenvalue weighted by Gasteiger charge is 2.04. The van der Waals surface area contributed by atoms with E-state index in [-0.39, 0.29) is 12.4 Å². The summed E-state index contributed by atoms with van der Waals surface area (Å²) in [4.78, 5) is 15.8. The van der Waals surface area contributed by atoms with E-state index in [2.05, 4.69) is 30.6 Å². The minimum absolute atomic E-state index is 0.104. The van der Waals surface area contributed by atoms with Crippen LogP contribution in [0, 0.1) is 0 Å². The van der Waals surface area contributed by atoms with Crippen molar-refractivity contribution in [3.63, 3.8) is 0 Å². The van der Waals surface area contributed by atoms with Crippen LogP contribution in [0.15, 0.2) is 59.6 Å². The first-order valence-electron chi connectivity index (χ1n) is 13.9. The molecule has 0 atom stereocenters. The van der Waals surface area contributed by atoms with Gasteiger partial charge in [0.15, 0.2) is 0 Å². The second kappa shape index (κ2) is 18.2. The summed E-state index contributed by atoms with van der Waals surface area (Å²) >= 11 is 0. The number of aryl methyl sites for hydroxylation is 1. The quantitative estimate of drug-likeness (QED) is 0.0896. The van der Waals surface area contributed by atoms with Crippen molar-refractivity contribution in [1.29, 1.82) is 0 Å². The molecular formula is C32H45NO4. The lowest BCUT2D eigenvalue weighted by molar-refractivity contribution is -0.139. The Hall–Kier alpha value is -3.08. The Labute approximate surface area is 223 Å². The molecule has 202 valence electrons. The molecule has 37 heavy (non-hydrogen) atoms. The fraction of sp³-hybridized carbons (Fsp3) is 0.500. The van der Waals surface area contributed by atoms with E-state index in [1.807, 2.05) is 12.1 Å². The smallest absolute Gasteiger partial charge is 0.333 e. The van der Waals surface area contributed by atoms with Gasteiger partial charge in [-0.1, -0.05) is 83.4 Å². The van der Waals surface area contributed by atoms with Gasteiger partial charge in [0.1, 0.15) is 11.5 Å². The molecule has 5 nitrogen and oxygen atoms in total. The molecule has 0 amide bonds. The second-order valence-electron chi connectivity index (χ2n) is 9.70. The second-order valence-corrected chi connectivity index (χ2v) is 9.70. The SMILES string of the molecule is C=C(C)C(=O)OCCCOc1ccc(C=Nc2ccc(CCCCCCCCCCCC)cc2)c(O)c1. The number of benzene rings is 2. The topological polar surface area (TPSA) is 68.1 Å². The number of carbonyl (C=O) groups excluding carboxylic acids is 1. The lowest BCUT2D eigenvalue weighted by Gasteiger charge is -2.08. The van der Waals surface area contributed by atoms with Crippen LogP contribution in [0.3, 0.4) is 0 Å². The Morgan fingerprint density at radius 2 is 1.54 bits per heavy atom. The zero-order valence-corrected chi connectivity index (χ0v) is 22.8. The number of carbonyl (C=O) groups is 1. The minimum Gasteiger partial charge on any atom is -0.507 e. The van der Waals surface area contributed by atoms with Gasteiger partial charge < -0.3 is 14.6 Å². The van der Waals surface area contributed by atoms with Crippen LogP contribution in [0.1, 0.15) is 95.6 Å². The van der Waals surface area contributed by atoms with Crippen LogP contribution in [0.4, 0.5) is 5.69 Å². The third-order valence-electron chi connectivity index (χ3n) is 6.25. The standard InChI is InChI=1S/C32H45NO4/c1-4-5-6-7-8-9-10-11-12-13-15-27-16-19-29(20-17-27)33-25-28-18-21-30(24-31(28)34)36-22-14-23-37-32(35)26(2)3/h16-21,24-25,34H,2,4-15,22-23H2,1,3H3. The first kappa shape index (κ1) is 30.1. The lowest BCUT2D eigenvalue weighted by Crippen LogP contribution is -2.09. The van der Waals surface area contributed by atoms with Gasteiger partial charge in [-0.2, -0.15) is 0 Å². The van der Waals surface area contributed by atoms with Gasteiger partial charge >= 0.3 is 5.97 Å². The summed E-state index contributed by atoms with van der Waals surface area (Å²) < 4.78 is 10.6. The molecule has 0 aliphatic carbocycles. The van der Waals surface area contributed by atoms with Gasteiger partial charge in [0, 0.05) is 29.8 Å². The Bertz CT molecular complexity index is 965. The Morgan fingerprint density at radius 3 is 2.16 bits per heavy atom. The van der Waals surface area contributed by atoms with E-state index in [1.54, 1.807) is 31.3 Å². The molecule has 1 N–H and O–H groups in total. The summed E-state index contributed by atoms with van der Waals surface area (Å²) in [6.07, 6.45) is 16.9. The van der Waals surface area contributed by atoms with Gasteiger partial charge in [-0.15, -0.1) is 0 Å². The molecule has 2 rings (SSSR count). The summed E-state index contributed by atoms with van der Waals surface area (Å²) in [5.41, 5.74) is 3.20. The van der Waals surface area contributed by atoms with Crippen molar-refractivity contribution in [2.75, 3.05) is 13.2 Å². The third kappa shape index (κ3) is 13.2. The van der Waals surface area contributed by atoms with Gasteiger partial charge in [0.25, 0.3) is 0 Å². The fourth-order valence-corrected chi connectivity index (χ4v) is 3.97. The van der Waals surface area contributed by atoms with Crippen LogP contribution in [-0.2, 0) is 16.0 Å². The molecule has 0 bridgehead atoms. The first-order chi connectivity index (χ1) is 18.0. The molecule has 2 aromatic rings. The van der Waals surface area contributed by atoms with Crippen LogP contribution < -0.4 is 4.74 Å². The summed E-state index contributed by atoms with van der Waals surface area (Å²) in [6, 6.07) is 13.5. The van der Waals surface area contributed by atoms with Crippen LogP contribution in [-0.4, -0.2) is 30.5 Å². The molecule has 0 fully saturated rings. The molecule has 2 aromatic carbocycles. The number of hydrogen-bond donors (Lipinski definition) is 1. The summed E-state index contributed by atoms with van der Waals surface area (Å²) in [5.74, 6) is 0.259. The molecule has 5 heteroatoms. The molecule has 0 aliphatic heterocycles. The summed E-state index contributed by atoms with van der Waals surface area (Å²) in [5, 5.41) is 10.3. The number of rotatable bonds is 19. The van der Waals surface area contributed by atoms with Gasteiger partial charge in [-0.3, -0.25) is 4.99 Å². The van der Waals surface area contributed by atoms with E-state index in [0.717, 1.165) is 12.1 Å². The number of esters is 1. The monoisotopic (exact) mass is 507 g/mol. The number of phenolic OH excluding ortho intramolecular Hbond substituents is 1. The maximum Gasteiger partial charge on any atom is 0.333 e. The lowest BCUT2D eigenvalue weighted by atomic mass is 10.0. The van der Waals surface area contributed by atoms with Crippen LogP contribution in [0.2, 0.25) is 0 Å². The summed E-state index contributed by atoms with van der Waals surface area (Å²) in [6.45, 7) is 8.06. The molecule has 0 heterocycles. The highest BCUT2D eigenvalue weighted by molar-refractivity contribution is 5.87. The van der Waals surface area contributed by atoms with Crippen LogP contribution in [0.25, 0.3) is 0 Å². The van der Waals surface area contributed by atoms with Gasteiger partial charge in [0.2, 0.25) is 0 Å². The van der Waals surface area contributed by atoms with Crippen molar-refractivity contribution >= 4 is 17.9 Å². The van der Waals surface area contributed by atoms with Gasteiger partial charge in [-0.25, -0.2) is 4.79 Å². The molecular weight excluding hydrogens is 462 g/mol. The van der Waals surface area contributed by atoms with E-state index >= 15 is 0 Å². The van der Waals surface area contributed by atoms with Crippen molar-refractivity contribution in [3.05, 3.63) is 65.7 Å². The minimum atomic E-state index is -0.398. The van der Waals surface area contributed by atoms with E-state index in [9.17, 15) is 9.90 Å². The number of unbranched alkanes of at least 4 members (excludes halogenated alkanes) is 9. The number of phenols is 1. The highest BCUT2D eigenvalue weighted by atomic mass is 16.5. The van der Waals surface area contributed by atoms with Crippen molar-refractivity contribution in [2.24, 2.45) is 4.99 Å². The van der Waals surface area contributed by atoms with Gasteiger partial charge in [-0.05, 0) is 49.6 Å². The Kier molecular flexibility index (Phi) is 14.8. The zero-order chi connectivity index (χ0) is 26.7. The van der Waals surface area contributed by atoms with Crippen molar-refractivity contribution < 1.29 is 19.4 Å². The van der Waals surface area contributed by atoms with Crippen molar-refractivity contribution in [1.82, 2.24) is 0 Å². The highest BCUT2D eigenvalue weighted by Crippen LogP contribution is 2.24. The Balaban J connectivity index is 1.65. The predicted molar refractivity (Wildman–Crippen MR) is 153 cm³/mol. The maximum atomic E-state index is 11.3. The van der Waals surface area contributed by atoms with Crippen LogP contribution in [0.5, 0.6) is 11.5 Å². The van der Waals surface area contributed by atoms with Crippen molar-refractivity contribution in [2.45, 2.75) is 90.9 Å². The van der Waals surface area contributed by atoms with Crippen LogP contribution >= 0.6 is 0 Å². The van der Waals surface area contributed by atoms with E-state index < -0.39 is 5.97 Å². The van der Waals surface area contributed by atoms with E-state index in [4.69, 9.17) is 9.47 Å². The van der Waals surface area contributed by atoms with E-state index in [0.29, 0.717) is 29.9 Å². The van der Waals surface area contributed by atoms with Crippen molar-refractivity contribution in [3.8, 4) is 11.5 Å². The molecule has 0 spiro atoms. The average Bonchev–Trinajstić information content (AvgIpc) is 2.89. The first-order valence-corrected chi connectivity index (χ1v) is 13.9. The fourth-order valence-electron chi connectivity index (χ4n) is 3.97. The molecule has 0 aliphatic rings.